The smallest absolute Gasteiger partial charge is 0.254 e. The van der Waals surface area contributed by atoms with Crippen LogP contribution in [0.15, 0.2) is 18.2 Å². The van der Waals surface area contributed by atoms with Crippen LogP contribution >= 0.6 is 11.6 Å². The molecule has 1 aliphatic carbocycles. The van der Waals surface area contributed by atoms with Crippen molar-refractivity contribution in [3.05, 3.63) is 34.3 Å². The van der Waals surface area contributed by atoms with E-state index in [-0.39, 0.29) is 22.1 Å². The summed E-state index contributed by atoms with van der Waals surface area (Å²) in [5, 5.41) is 13.0. The van der Waals surface area contributed by atoms with Gasteiger partial charge in [-0.25, -0.2) is 0 Å². The van der Waals surface area contributed by atoms with Gasteiger partial charge in [-0.15, -0.1) is 0 Å². The largest absolute Gasteiger partial charge is 0.373 e. The summed E-state index contributed by atoms with van der Waals surface area (Å²) in [7, 11) is 0. The van der Waals surface area contributed by atoms with E-state index in [1.54, 1.807) is 0 Å². The van der Waals surface area contributed by atoms with Gasteiger partial charge in [0.15, 0.2) is 0 Å². The Morgan fingerprint density at radius 2 is 1.86 bits per heavy atom. The number of hydrogen-bond donors (Lipinski definition) is 3. The molecule has 2 amide bonds. The fourth-order valence-electron chi connectivity index (χ4n) is 2.81. The van der Waals surface area contributed by atoms with E-state index in [4.69, 9.17) is 17.3 Å². The molecule has 0 aromatic heterocycles. The van der Waals surface area contributed by atoms with Gasteiger partial charge in [0.05, 0.1) is 10.6 Å². The molecule has 0 spiro atoms. The lowest BCUT2D eigenvalue weighted by molar-refractivity contribution is 0.0532. The number of nitrogens with one attached hydrogen (secondary N) is 1. The van der Waals surface area contributed by atoms with Crippen LogP contribution in [0.3, 0.4) is 0 Å². The van der Waals surface area contributed by atoms with Gasteiger partial charge in [0.25, 0.3) is 5.91 Å². The van der Waals surface area contributed by atoms with Crippen LogP contribution in [-0.4, -0.2) is 23.1 Å². The molecule has 0 bridgehead atoms. The number of rotatable bonds is 4. The molecule has 6 heteroatoms. The summed E-state index contributed by atoms with van der Waals surface area (Å²) in [6.07, 6.45) is 5.37. The lowest BCUT2D eigenvalue weighted by Crippen LogP contribution is -2.40. The molecule has 1 saturated carbocycles. The van der Waals surface area contributed by atoms with Gasteiger partial charge in [0, 0.05) is 11.5 Å². The molecule has 1 fully saturated rings. The Hall–Kier alpha value is -1.59. The number of carbonyl (C=O) groups excluding carboxylic acids is 2. The normalized spacial score (nSPS) is 17.5. The average molecular weight is 325 g/mol. The summed E-state index contributed by atoms with van der Waals surface area (Å²) in [6.45, 7) is 0. The van der Waals surface area contributed by atoms with Gasteiger partial charge in [0.1, 0.15) is 6.23 Å². The third-order valence-electron chi connectivity index (χ3n) is 4.12. The lowest BCUT2D eigenvalue weighted by Gasteiger charge is -2.22. The minimum atomic E-state index is -0.904. The average Bonchev–Trinajstić information content (AvgIpc) is 2.76. The Morgan fingerprint density at radius 3 is 2.45 bits per heavy atom. The minimum absolute atomic E-state index is 0.0598. The van der Waals surface area contributed by atoms with Crippen molar-refractivity contribution < 1.29 is 14.7 Å². The van der Waals surface area contributed by atoms with Gasteiger partial charge in [-0.1, -0.05) is 37.3 Å². The first-order valence-electron chi connectivity index (χ1n) is 7.57. The number of carbonyl (C=O) groups is 2. The Balaban J connectivity index is 2.07. The third-order valence-corrected chi connectivity index (χ3v) is 4.45. The Bertz CT molecular complexity index is 554. The van der Waals surface area contributed by atoms with Gasteiger partial charge < -0.3 is 16.2 Å². The molecule has 1 atom stereocenters. The van der Waals surface area contributed by atoms with Crippen molar-refractivity contribution in [3.8, 4) is 0 Å². The molecule has 0 saturated heterocycles. The van der Waals surface area contributed by atoms with Crippen LogP contribution in [0.5, 0.6) is 0 Å². The van der Waals surface area contributed by atoms with Crippen LogP contribution < -0.4 is 11.1 Å². The summed E-state index contributed by atoms with van der Waals surface area (Å²) >= 11 is 6.00. The van der Waals surface area contributed by atoms with Crippen LogP contribution in [-0.2, 0) is 0 Å². The zero-order chi connectivity index (χ0) is 16.1. The molecule has 0 radical (unpaired) electrons. The molecule has 1 aromatic carbocycles. The quantitative estimate of drug-likeness (QED) is 0.586. The molecule has 2 rings (SSSR count). The monoisotopic (exact) mass is 324 g/mol. The maximum absolute atomic E-state index is 12.3. The summed E-state index contributed by atoms with van der Waals surface area (Å²) in [5.74, 6) is -1.07. The summed E-state index contributed by atoms with van der Waals surface area (Å²) < 4.78 is 0. The standard InChI is InChI=1S/C16H21ClN2O3/c17-13-8-7-11(14(18)20)9-12(13)16(22)19-15(21)10-5-3-1-2-4-6-10/h7-10,15,21H,1-6H2,(H2,18,20)(H,19,22). The zero-order valence-electron chi connectivity index (χ0n) is 12.3. The third kappa shape index (κ3) is 4.21. The van der Waals surface area contributed by atoms with Gasteiger partial charge in [-0.05, 0) is 31.0 Å². The molecule has 0 aliphatic heterocycles. The van der Waals surface area contributed by atoms with Gasteiger partial charge >= 0.3 is 0 Å². The maximum Gasteiger partial charge on any atom is 0.254 e. The highest BCUT2D eigenvalue weighted by molar-refractivity contribution is 6.34. The molecule has 5 nitrogen and oxygen atoms in total. The van der Waals surface area contributed by atoms with Crippen molar-refractivity contribution in [2.24, 2.45) is 11.7 Å². The van der Waals surface area contributed by atoms with E-state index in [1.165, 1.54) is 31.0 Å². The van der Waals surface area contributed by atoms with Crippen LogP contribution in [0, 0.1) is 5.92 Å². The van der Waals surface area contributed by atoms with Crippen molar-refractivity contribution >= 4 is 23.4 Å². The summed E-state index contributed by atoms with van der Waals surface area (Å²) in [6, 6.07) is 4.26. The first-order chi connectivity index (χ1) is 10.5. The minimum Gasteiger partial charge on any atom is -0.373 e. The second-order valence-corrected chi connectivity index (χ2v) is 6.14. The zero-order valence-corrected chi connectivity index (χ0v) is 13.1. The molecule has 1 unspecified atom stereocenters. The van der Waals surface area contributed by atoms with Gasteiger partial charge in [0.2, 0.25) is 5.91 Å². The topological polar surface area (TPSA) is 92.4 Å². The fourth-order valence-corrected chi connectivity index (χ4v) is 3.01. The summed E-state index contributed by atoms with van der Waals surface area (Å²) in [5.41, 5.74) is 5.56. The van der Waals surface area contributed by atoms with Crippen LogP contribution in [0.1, 0.15) is 59.2 Å². The van der Waals surface area contributed by atoms with E-state index in [2.05, 4.69) is 5.32 Å². The molecular formula is C16H21ClN2O3. The molecule has 0 heterocycles. The second-order valence-electron chi connectivity index (χ2n) is 5.73. The Morgan fingerprint density at radius 1 is 1.23 bits per heavy atom. The fraction of sp³-hybridized carbons (Fsp3) is 0.500. The van der Waals surface area contributed by atoms with E-state index < -0.39 is 18.0 Å². The Kier molecular flexibility index (Phi) is 5.80. The van der Waals surface area contributed by atoms with E-state index in [0.29, 0.717) is 0 Å². The summed E-state index contributed by atoms with van der Waals surface area (Å²) in [4.78, 5) is 23.5. The number of hydrogen-bond acceptors (Lipinski definition) is 3. The molecule has 1 aromatic rings. The highest BCUT2D eigenvalue weighted by Gasteiger charge is 2.23. The SMILES string of the molecule is NC(=O)c1ccc(Cl)c(C(=O)NC(O)C2CCCCCC2)c1. The number of aliphatic hydroxyl groups excluding tert-OH is 1. The number of primary amides is 1. The van der Waals surface area contributed by atoms with Crippen molar-refractivity contribution in [3.63, 3.8) is 0 Å². The number of aliphatic hydroxyl groups is 1. The number of nitrogens with two attached hydrogens (primary N) is 1. The second kappa shape index (κ2) is 7.61. The first-order valence-corrected chi connectivity index (χ1v) is 7.95. The van der Waals surface area contributed by atoms with Crippen LogP contribution in [0.2, 0.25) is 5.02 Å². The van der Waals surface area contributed by atoms with Crippen molar-refractivity contribution in [2.75, 3.05) is 0 Å². The number of benzene rings is 1. The van der Waals surface area contributed by atoms with Crippen LogP contribution in [0.25, 0.3) is 0 Å². The molecular weight excluding hydrogens is 304 g/mol. The van der Waals surface area contributed by atoms with E-state index >= 15 is 0 Å². The van der Waals surface area contributed by atoms with Gasteiger partial charge in [-0.2, -0.15) is 0 Å². The molecule has 22 heavy (non-hydrogen) atoms. The van der Waals surface area contributed by atoms with Crippen molar-refractivity contribution in [1.29, 1.82) is 0 Å². The number of halogens is 1. The van der Waals surface area contributed by atoms with Crippen molar-refractivity contribution in [2.45, 2.75) is 44.8 Å². The predicted octanol–water partition coefficient (Wildman–Crippen LogP) is 2.46. The molecule has 120 valence electrons. The highest BCUT2D eigenvalue weighted by atomic mass is 35.5. The van der Waals surface area contributed by atoms with E-state index in [0.717, 1.165) is 25.7 Å². The first kappa shape index (κ1) is 16.8. The predicted molar refractivity (Wildman–Crippen MR) is 84.6 cm³/mol. The highest BCUT2D eigenvalue weighted by Crippen LogP contribution is 2.25. The van der Waals surface area contributed by atoms with Crippen LogP contribution in [0.4, 0.5) is 0 Å². The molecule has 4 N–H and O–H groups in total. The van der Waals surface area contributed by atoms with Gasteiger partial charge in [-0.3, -0.25) is 9.59 Å². The Labute approximate surface area is 134 Å². The van der Waals surface area contributed by atoms with E-state index in [9.17, 15) is 14.7 Å². The lowest BCUT2D eigenvalue weighted by atomic mass is 9.98. The van der Waals surface area contributed by atoms with E-state index in [1.807, 2.05) is 0 Å². The van der Waals surface area contributed by atoms with Crippen molar-refractivity contribution in [1.82, 2.24) is 5.32 Å². The maximum atomic E-state index is 12.3. The molecule has 1 aliphatic rings. The number of amides is 2.